The van der Waals surface area contributed by atoms with Crippen molar-refractivity contribution in [2.75, 3.05) is 4.90 Å². The predicted octanol–water partition coefficient (Wildman–Crippen LogP) is 17.9. The van der Waals surface area contributed by atoms with Gasteiger partial charge in [-0.3, -0.25) is 0 Å². The second-order valence-corrected chi connectivity index (χ2v) is 18.9. The highest BCUT2D eigenvalue weighted by atomic mass is 15.1. The Morgan fingerprint density at radius 2 is 0.896 bits per heavy atom. The van der Waals surface area contributed by atoms with Crippen molar-refractivity contribution >= 4 is 82.0 Å². The van der Waals surface area contributed by atoms with Crippen molar-refractivity contribution in [3.05, 3.63) is 242 Å². The maximum absolute atomic E-state index is 2.50. The topological polar surface area (TPSA) is 8.17 Å². The fourth-order valence-corrected chi connectivity index (χ4v) is 11.6. The number of hydrogen-bond acceptors (Lipinski definition) is 1. The molecule has 1 aromatic heterocycles. The van der Waals surface area contributed by atoms with E-state index < -0.39 is 0 Å². The van der Waals surface area contributed by atoms with Gasteiger partial charge in [0.1, 0.15) is 0 Å². The van der Waals surface area contributed by atoms with Crippen molar-refractivity contribution in [3.8, 4) is 39.1 Å². The molecular weight excluding hydrogens is 809 g/mol. The molecule has 1 heterocycles. The van der Waals surface area contributed by atoms with Gasteiger partial charge in [0.15, 0.2) is 0 Å². The van der Waals surface area contributed by atoms with Crippen LogP contribution in [0.15, 0.2) is 231 Å². The fraction of sp³-hybridized carbons (Fsp3) is 0.0462. The SMILES string of the molecule is CC1(C)c2cc(-c3ccc4c5c6ccc7cccc8ccc(cc5n(-c5ccc(-c9ccccc9)cc5)c4c3)c6c87)ccc2-c2ccc(N(c3ccccc3)c3ccc4ccccc4c3)cc21. The summed E-state index contributed by atoms with van der Waals surface area (Å²) < 4.78 is 2.50. The number of anilines is 3. The van der Waals surface area contributed by atoms with E-state index in [-0.39, 0.29) is 5.41 Å². The van der Waals surface area contributed by atoms with Gasteiger partial charge in [0.05, 0.1) is 11.0 Å². The van der Waals surface area contributed by atoms with Crippen LogP contribution in [0.1, 0.15) is 25.0 Å². The van der Waals surface area contributed by atoms with Crippen molar-refractivity contribution in [1.29, 1.82) is 0 Å². The Kier molecular flexibility index (Phi) is 8.06. The Morgan fingerprint density at radius 3 is 1.70 bits per heavy atom. The average Bonchev–Trinajstić information content (AvgIpc) is 3.83. The molecule has 0 bridgehead atoms. The van der Waals surface area contributed by atoms with E-state index in [0.29, 0.717) is 0 Å². The van der Waals surface area contributed by atoms with Gasteiger partial charge in [0.2, 0.25) is 0 Å². The molecule has 0 atom stereocenters. The lowest BCUT2D eigenvalue weighted by Crippen LogP contribution is -2.16. The lowest BCUT2D eigenvalue weighted by Gasteiger charge is -2.28. The summed E-state index contributed by atoms with van der Waals surface area (Å²) in [5.41, 5.74) is 17.0. The van der Waals surface area contributed by atoms with Crippen LogP contribution in [0.25, 0.3) is 104 Å². The Labute approximate surface area is 389 Å². The van der Waals surface area contributed by atoms with Crippen LogP contribution in [-0.4, -0.2) is 4.57 Å². The van der Waals surface area contributed by atoms with Crippen molar-refractivity contribution in [3.63, 3.8) is 0 Å². The predicted molar refractivity (Wildman–Crippen MR) is 285 cm³/mol. The molecule has 1 aliphatic carbocycles. The highest BCUT2D eigenvalue weighted by molar-refractivity contribution is 6.33. The molecule has 1 aliphatic rings. The molecule has 0 N–H and O–H groups in total. The average molecular weight is 853 g/mol. The van der Waals surface area contributed by atoms with Crippen LogP contribution < -0.4 is 4.90 Å². The van der Waals surface area contributed by atoms with E-state index in [4.69, 9.17) is 0 Å². The normalized spacial score (nSPS) is 13.0. The van der Waals surface area contributed by atoms with Crippen LogP contribution in [0.4, 0.5) is 17.1 Å². The van der Waals surface area contributed by atoms with E-state index in [2.05, 4.69) is 254 Å². The van der Waals surface area contributed by atoms with Gasteiger partial charge in [-0.1, -0.05) is 178 Å². The summed E-state index contributed by atoms with van der Waals surface area (Å²) in [6.45, 7) is 4.79. The third kappa shape index (κ3) is 5.70. The van der Waals surface area contributed by atoms with Crippen molar-refractivity contribution in [2.45, 2.75) is 19.3 Å². The first-order valence-electron chi connectivity index (χ1n) is 23.4. The minimum absolute atomic E-state index is 0.224. The van der Waals surface area contributed by atoms with Gasteiger partial charge in [-0.25, -0.2) is 0 Å². The van der Waals surface area contributed by atoms with E-state index in [0.717, 1.165) is 22.7 Å². The lowest BCUT2D eigenvalue weighted by atomic mass is 9.81. The van der Waals surface area contributed by atoms with E-state index in [9.17, 15) is 0 Å². The van der Waals surface area contributed by atoms with Gasteiger partial charge in [-0.15, -0.1) is 0 Å². The minimum atomic E-state index is -0.224. The molecule has 2 nitrogen and oxygen atoms in total. The van der Waals surface area contributed by atoms with Gasteiger partial charge < -0.3 is 9.47 Å². The van der Waals surface area contributed by atoms with E-state index in [1.54, 1.807) is 0 Å². The quantitative estimate of drug-likeness (QED) is 0.151. The molecule has 0 unspecified atom stereocenters. The number of para-hydroxylation sites is 1. The molecule has 0 saturated heterocycles. The summed E-state index contributed by atoms with van der Waals surface area (Å²) in [5.74, 6) is 0. The first-order valence-corrected chi connectivity index (χ1v) is 23.4. The molecule has 12 aromatic carbocycles. The number of nitrogens with zero attached hydrogens (tertiary/aromatic N) is 2. The number of fused-ring (bicyclic) bond motifs is 8. The first-order chi connectivity index (χ1) is 33.0. The number of hydrogen-bond donors (Lipinski definition) is 0. The molecule has 314 valence electrons. The standard InChI is InChI=1S/C65H44N2/c1-65(2)58-37-47(26-32-54(58)55-35-31-53(40-59(55)65)66(50-18-7-4-8-19-50)52-30-24-42-14-9-10-15-46(42)36-52)48-27-33-56-60(38-48)67(51-28-22-43(23-29-51)41-12-5-3-6-13-41)61-39-49-21-20-44-16-11-17-45-25-34-57(64(56)61)63(49)62(44)45/h3-40H,1-2H3. The Bertz CT molecular complexity index is 4090. The minimum Gasteiger partial charge on any atom is -0.310 e. The lowest BCUT2D eigenvalue weighted by molar-refractivity contribution is 0.660. The molecule has 67 heavy (non-hydrogen) atoms. The number of benzene rings is 12. The van der Waals surface area contributed by atoms with Crippen LogP contribution >= 0.6 is 0 Å². The van der Waals surface area contributed by atoms with Crippen molar-refractivity contribution in [1.82, 2.24) is 4.57 Å². The van der Waals surface area contributed by atoms with Crippen LogP contribution in [0.3, 0.4) is 0 Å². The van der Waals surface area contributed by atoms with E-state index >= 15 is 0 Å². The zero-order valence-corrected chi connectivity index (χ0v) is 37.3. The molecule has 2 heteroatoms. The largest absolute Gasteiger partial charge is 0.310 e. The number of rotatable bonds is 6. The van der Waals surface area contributed by atoms with Gasteiger partial charge in [0, 0.05) is 38.9 Å². The fourth-order valence-electron chi connectivity index (χ4n) is 11.6. The number of aromatic nitrogens is 1. The smallest absolute Gasteiger partial charge is 0.0553 e. The van der Waals surface area contributed by atoms with Crippen LogP contribution in [0, 0.1) is 0 Å². The van der Waals surface area contributed by atoms with Crippen molar-refractivity contribution < 1.29 is 0 Å². The Hall–Kier alpha value is -8.46. The molecule has 0 radical (unpaired) electrons. The van der Waals surface area contributed by atoms with E-state index in [1.807, 2.05) is 0 Å². The summed E-state index contributed by atoms with van der Waals surface area (Å²) >= 11 is 0. The maximum atomic E-state index is 2.50. The first kappa shape index (κ1) is 37.9. The zero-order valence-electron chi connectivity index (χ0n) is 37.3. The molecule has 0 amide bonds. The third-order valence-electron chi connectivity index (χ3n) is 14.9. The molecule has 0 saturated carbocycles. The highest BCUT2D eigenvalue weighted by Crippen LogP contribution is 2.52. The summed E-state index contributed by atoms with van der Waals surface area (Å²) in [6.07, 6.45) is 0. The molecular formula is C65H44N2. The second-order valence-electron chi connectivity index (χ2n) is 18.9. The summed E-state index contributed by atoms with van der Waals surface area (Å²) in [4.78, 5) is 2.40. The van der Waals surface area contributed by atoms with Crippen LogP contribution in [0.2, 0.25) is 0 Å². The summed E-state index contributed by atoms with van der Waals surface area (Å²) in [7, 11) is 0. The highest BCUT2D eigenvalue weighted by Gasteiger charge is 2.36. The Morgan fingerprint density at radius 1 is 0.328 bits per heavy atom. The summed E-state index contributed by atoms with van der Waals surface area (Å²) in [6, 6.07) is 85.7. The molecule has 13 aromatic rings. The zero-order chi connectivity index (χ0) is 44.4. The molecule has 0 aliphatic heterocycles. The monoisotopic (exact) mass is 852 g/mol. The van der Waals surface area contributed by atoms with Gasteiger partial charge >= 0.3 is 0 Å². The Balaban J connectivity index is 0.918. The third-order valence-corrected chi connectivity index (χ3v) is 14.9. The molecule has 0 spiro atoms. The summed E-state index contributed by atoms with van der Waals surface area (Å²) in [5, 5.41) is 12.9. The van der Waals surface area contributed by atoms with Gasteiger partial charge in [0.25, 0.3) is 0 Å². The van der Waals surface area contributed by atoms with Crippen LogP contribution in [-0.2, 0) is 5.41 Å². The van der Waals surface area contributed by atoms with Gasteiger partial charge in [-0.2, -0.15) is 0 Å². The van der Waals surface area contributed by atoms with E-state index in [1.165, 1.54) is 109 Å². The second kappa shape index (κ2) is 14.3. The maximum Gasteiger partial charge on any atom is 0.0553 e. The molecule has 14 rings (SSSR count). The van der Waals surface area contributed by atoms with Gasteiger partial charge in [-0.05, 0) is 154 Å². The van der Waals surface area contributed by atoms with Crippen LogP contribution in [0.5, 0.6) is 0 Å². The van der Waals surface area contributed by atoms with Crippen molar-refractivity contribution in [2.24, 2.45) is 0 Å². The molecule has 0 fully saturated rings.